The number of hydrogen-bond donors (Lipinski definition) is 0. The fraction of sp³-hybridized carbons (Fsp3) is 0.143. The third kappa shape index (κ3) is 5.26. The molecule has 4 aromatic rings. The Kier molecular flexibility index (Phi) is 6.30. The molecule has 0 fully saturated rings. The van der Waals surface area contributed by atoms with Gasteiger partial charge in [0, 0.05) is 0 Å². The van der Waals surface area contributed by atoms with Crippen molar-refractivity contribution in [3.8, 4) is 0 Å². The van der Waals surface area contributed by atoms with Gasteiger partial charge in [-0.2, -0.15) is 0 Å². The van der Waals surface area contributed by atoms with E-state index >= 15 is 0 Å². The van der Waals surface area contributed by atoms with Crippen LogP contribution in [0.1, 0.15) is 33.4 Å². The molecule has 0 nitrogen and oxygen atoms in total. The fourth-order valence-electron chi connectivity index (χ4n) is 3.64. The van der Waals surface area contributed by atoms with E-state index in [0.29, 0.717) is 0 Å². The predicted molar refractivity (Wildman–Crippen MR) is 126 cm³/mol. The van der Waals surface area contributed by atoms with Gasteiger partial charge in [0.1, 0.15) is 0 Å². The number of aryl methyl sites for hydroxylation is 2. The van der Waals surface area contributed by atoms with Gasteiger partial charge in [-0.25, -0.2) is 0 Å². The molecule has 29 heavy (non-hydrogen) atoms. The number of benzene rings is 4. The van der Waals surface area contributed by atoms with Gasteiger partial charge in [-0.3, -0.25) is 0 Å². The molecule has 4 rings (SSSR count). The van der Waals surface area contributed by atoms with E-state index in [4.69, 9.17) is 0 Å². The van der Waals surface area contributed by atoms with Crippen molar-refractivity contribution in [2.45, 2.75) is 26.7 Å². The topological polar surface area (TPSA) is 0 Å². The van der Waals surface area contributed by atoms with Gasteiger partial charge in [-0.15, -0.1) is 0 Å². The summed E-state index contributed by atoms with van der Waals surface area (Å²) in [6.45, 7) is 4.38. The number of rotatable bonds is 6. The standard InChI is InChI=1S/C28H26Se/c1-21-13-15-27(25(17-21)19-23-9-5-3-6-10-23)29-28-16-14-22(2)18-26(28)20-24-11-7-4-8-12-24/h3-18H,19-20H2,1-2H3. The van der Waals surface area contributed by atoms with Gasteiger partial charge in [0.05, 0.1) is 0 Å². The average molecular weight is 441 g/mol. The van der Waals surface area contributed by atoms with Crippen LogP contribution < -0.4 is 8.92 Å². The molecule has 0 saturated carbocycles. The Hall–Kier alpha value is -2.60. The van der Waals surface area contributed by atoms with Crippen LogP contribution in [0, 0.1) is 13.8 Å². The summed E-state index contributed by atoms with van der Waals surface area (Å²) in [6.07, 6.45) is 2.00. The Morgan fingerprint density at radius 1 is 0.517 bits per heavy atom. The third-order valence-corrected chi connectivity index (χ3v) is 7.72. The summed E-state index contributed by atoms with van der Waals surface area (Å²) in [6, 6.07) is 35.6. The van der Waals surface area contributed by atoms with Gasteiger partial charge in [0.25, 0.3) is 0 Å². The van der Waals surface area contributed by atoms with Gasteiger partial charge < -0.3 is 0 Å². The van der Waals surface area contributed by atoms with Crippen molar-refractivity contribution in [3.05, 3.63) is 130 Å². The van der Waals surface area contributed by atoms with Crippen molar-refractivity contribution in [3.63, 3.8) is 0 Å². The second kappa shape index (κ2) is 9.26. The number of hydrogen-bond acceptors (Lipinski definition) is 0. The first-order chi connectivity index (χ1) is 14.2. The summed E-state index contributed by atoms with van der Waals surface area (Å²) < 4.78 is 2.98. The van der Waals surface area contributed by atoms with Gasteiger partial charge in [0.2, 0.25) is 0 Å². The van der Waals surface area contributed by atoms with Crippen molar-refractivity contribution in [2.24, 2.45) is 0 Å². The van der Waals surface area contributed by atoms with Crippen LogP contribution in [0.15, 0.2) is 97.1 Å². The van der Waals surface area contributed by atoms with E-state index < -0.39 is 0 Å². The molecule has 1 heteroatoms. The Labute approximate surface area is 180 Å². The zero-order valence-corrected chi connectivity index (χ0v) is 18.8. The summed E-state index contributed by atoms with van der Waals surface area (Å²) in [5, 5.41) is 0. The second-order valence-corrected chi connectivity index (χ2v) is 9.92. The van der Waals surface area contributed by atoms with Crippen molar-refractivity contribution in [2.75, 3.05) is 0 Å². The molecule has 0 heterocycles. The minimum atomic E-state index is 0.287. The Morgan fingerprint density at radius 2 is 0.931 bits per heavy atom. The van der Waals surface area contributed by atoms with Gasteiger partial charge in [-0.1, -0.05) is 0 Å². The monoisotopic (exact) mass is 442 g/mol. The molecule has 0 unspecified atom stereocenters. The van der Waals surface area contributed by atoms with Crippen molar-refractivity contribution in [1.82, 2.24) is 0 Å². The molecule has 0 aliphatic heterocycles. The van der Waals surface area contributed by atoms with Crippen LogP contribution in [0.3, 0.4) is 0 Å². The van der Waals surface area contributed by atoms with Crippen LogP contribution in [-0.4, -0.2) is 15.0 Å². The maximum atomic E-state index is 2.37. The predicted octanol–water partition coefficient (Wildman–Crippen LogP) is 5.14. The first kappa shape index (κ1) is 19.7. The molecule has 0 aromatic heterocycles. The summed E-state index contributed by atoms with van der Waals surface area (Å²) in [5.74, 6) is 0. The molecule has 144 valence electrons. The minimum absolute atomic E-state index is 0.287. The second-order valence-electron chi connectivity index (χ2n) is 7.65. The molecule has 0 bridgehead atoms. The van der Waals surface area contributed by atoms with Crippen LogP contribution in [0.2, 0.25) is 0 Å². The van der Waals surface area contributed by atoms with Gasteiger partial charge in [-0.05, 0) is 0 Å². The summed E-state index contributed by atoms with van der Waals surface area (Å²) >= 11 is 0.287. The molecule has 0 saturated heterocycles. The van der Waals surface area contributed by atoms with Crippen molar-refractivity contribution < 1.29 is 0 Å². The Bertz CT molecular complexity index is 993. The third-order valence-electron chi connectivity index (χ3n) is 5.13. The van der Waals surface area contributed by atoms with Gasteiger partial charge >= 0.3 is 181 Å². The van der Waals surface area contributed by atoms with Crippen LogP contribution >= 0.6 is 0 Å². The van der Waals surface area contributed by atoms with Crippen molar-refractivity contribution in [1.29, 1.82) is 0 Å². The molecule has 0 atom stereocenters. The summed E-state index contributed by atoms with van der Waals surface area (Å²) in [7, 11) is 0. The quantitative estimate of drug-likeness (QED) is 0.364. The molecular weight excluding hydrogens is 415 g/mol. The van der Waals surface area contributed by atoms with E-state index in [1.807, 2.05) is 0 Å². The van der Waals surface area contributed by atoms with E-state index in [9.17, 15) is 0 Å². The summed E-state index contributed by atoms with van der Waals surface area (Å²) in [5.41, 5.74) is 8.35. The average Bonchev–Trinajstić information content (AvgIpc) is 2.73. The van der Waals surface area contributed by atoms with Crippen LogP contribution in [0.4, 0.5) is 0 Å². The van der Waals surface area contributed by atoms with Gasteiger partial charge in [0.15, 0.2) is 0 Å². The first-order valence-electron chi connectivity index (χ1n) is 10.1. The van der Waals surface area contributed by atoms with Crippen molar-refractivity contribution >= 4 is 23.9 Å². The normalized spacial score (nSPS) is 10.8. The molecule has 4 aromatic carbocycles. The summed E-state index contributed by atoms with van der Waals surface area (Å²) in [4.78, 5) is 0. The van der Waals surface area contributed by atoms with Crippen LogP contribution in [0.5, 0.6) is 0 Å². The van der Waals surface area contributed by atoms with E-state index in [1.54, 1.807) is 0 Å². The molecule has 0 N–H and O–H groups in total. The maximum absolute atomic E-state index is 2.37. The van der Waals surface area contributed by atoms with E-state index in [0.717, 1.165) is 12.8 Å². The van der Waals surface area contributed by atoms with Crippen LogP contribution in [0.25, 0.3) is 0 Å². The molecular formula is C28H26Se. The van der Waals surface area contributed by atoms with E-state index in [1.165, 1.54) is 42.3 Å². The zero-order valence-electron chi connectivity index (χ0n) is 17.1. The molecule has 0 aliphatic carbocycles. The fourth-order valence-corrected chi connectivity index (χ4v) is 5.81. The molecule has 0 aliphatic rings. The van der Waals surface area contributed by atoms with E-state index in [2.05, 4.69) is 111 Å². The molecule has 0 spiro atoms. The Morgan fingerprint density at radius 3 is 1.34 bits per heavy atom. The first-order valence-corrected chi connectivity index (χ1v) is 11.8. The van der Waals surface area contributed by atoms with E-state index in [-0.39, 0.29) is 15.0 Å². The molecule has 0 amide bonds. The molecule has 0 radical (unpaired) electrons. The zero-order chi connectivity index (χ0) is 20.1. The Balaban J connectivity index is 1.66. The SMILES string of the molecule is Cc1ccc([Se]c2ccc(C)cc2Cc2ccccc2)c(Cc2ccccc2)c1. The van der Waals surface area contributed by atoms with Crippen LogP contribution in [-0.2, 0) is 12.8 Å².